The van der Waals surface area contributed by atoms with Gasteiger partial charge in [-0.25, -0.2) is 0 Å². The first-order valence-electron chi connectivity index (χ1n) is 10.0. The van der Waals surface area contributed by atoms with Crippen molar-refractivity contribution in [2.75, 3.05) is 16.8 Å². The van der Waals surface area contributed by atoms with E-state index < -0.39 is 0 Å². The van der Waals surface area contributed by atoms with Crippen molar-refractivity contribution in [2.24, 2.45) is 5.92 Å². The molecule has 1 heterocycles. The molecule has 3 amide bonds. The van der Waals surface area contributed by atoms with Crippen LogP contribution in [0.3, 0.4) is 0 Å². The standard InChI is InChI=1S/C21H29N3O3/c1-15(25)22-18-10-7-11-19(13-18)24-14-16(12-20(24)26)21(27)23-17-8-5-3-2-4-6-9-17/h7,10-11,13,16-17H,2-6,8-9,12,14H2,1H3,(H,22,25)(H,23,27). The number of rotatable bonds is 4. The van der Waals surface area contributed by atoms with Crippen LogP contribution in [0.15, 0.2) is 24.3 Å². The van der Waals surface area contributed by atoms with Crippen LogP contribution < -0.4 is 15.5 Å². The fourth-order valence-corrected chi connectivity index (χ4v) is 4.01. The second-order valence-electron chi connectivity index (χ2n) is 7.69. The Morgan fingerprint density at radius 2 is 1.78 bits per heavy atom. The van der Waals surface area contributed by atoms with Gasteiger partial charge in [-0.2, -0.15) is 0 Å². The van der Waals surface area contributed by atoms with Crippen LogP contribution in [0.5, 0.6) is 0 Å². The molecule has 1 aromatic rings. The van der Waals surface area contributed by atoms with E-state index in [9.17, 15) is 14.4 Å². The number of nitrogens with zero attached hydrogens (tertiary/aromatic N) is 1. The highest BCUT2D eigenvalue weighted by atomic mass is 16.2. The number of nitrogens with one attached hydrogen (secondary N) is 2. The highest BCUT2D eigenvalue weighted by Crippen LogP contribution is 2.28. The fourth-order valence-electron chi connectivity index (χ4n) is 4.01. The molecule has 3 rings (SSSR count). The summed E-state index contributed by atoms with van der Waals surface area (Å²) < 4.78 is 0. The third-order valence-electron chi connectivity index (χ3n) is 5.43. The maximum Gasteiger partial charge on any atom is 0.227 e. The minimum absolute atomic E-state index is 0.00515. The van der Waals surface area contributed by atoms with Gasteiger partial charge in [-0.15, -0.1) is 0 Å². The van der Waals surface area contributed by atoms with Gasteiger partial charge in [0.1, 0.15) is 0 Å². The molecule has 1 saturated heterocycles. The minimum Gasteiger partial charge on any atom is -0.353 e. The first kappa shape index (κ1) is 19.4. The third kappa shape index (κ3) is 5.31. The lowest BCUT2D eigenvalue weighted by Crippen LogP contribution is -2.40. The Hall–Kier alpha value is -2.37. The minimum atomic E-state index is -0.313. The van der Waals surface area contributed by atoms with Crippen molar-refractivity contribution in [3.63, 3.8) is 0 Å². The Bertz CT molecular complexity index is 696. The zero-order valence-corrected chi connectivity index (χ0v) is 16.0. The molecule has 2 N–H and O–H groups in total. The maximum absolute atomic E-state index is 12.7. The lowest BCUT2D eigenvalue weighted by molar-refractivity contribution is -0.127. The van der Waals surface area contributed by atoms with Crippen LogP contribution in [0.1, 0.15) is 58.3 Å². The summed E-state index contributed by atoms with van der Waals surface area (Å²) in [5.74, 6) is -0.522. The molecular formula is C21H29N3O3. The molecule has 6 nitrogen and oxygen atoms in total. The van der Waals surface area contributed by atoms with Crippen molar-refractivity contribution in [2.45, 2.75) is 64.3 Å². The number of hydrogen-bond acceptors (Lipinski definition) is 3. The van der Waals surface area contributed by atoms with Crippen molar-refractivity contribution in [1.82, 2.24) is 5.32 Å². The van der Waals surface area contributed by atoms with Gasteiger partial charge in [-0.3, -0.25) is 14.4 Å². The second-order valence-corrected chi connectivity index (χ2v) is 7.69. The van der Waals surface area contributed by atoms with Gasteiger partial charge in [0.15, 0.2) is 0 Å². The SMILES string of the molecule is CC(=O)Nc1cccc(N2CC(C(=O)NC3CCCCCCC3)CC2=O)c1. The summed E-state index contributed by atoms with van der Waals surface area (Å²) >= 11 is 0. The average molecular weight is 371 g/mol. The lowest BCUT2D eigenvalue weighted by Gasteiger charge is -2.23. The smallest absolute Gasteiger partial charge is 0.227 e. The molecule has 1 aliphatic carbocycles. The Labute approximate surface area is 160 Å². The number of amides is 3. The highest BCUT2D eigenvalue weighted by molar-refractivity contribution is 6.01. The number of anilines is 2. The first-order valence-corrected chi connectivity index (χ1v) is 10.0. The Morgan fingerprint density at radius 3 is 2.48 bits per heavy atom. The predicted octanol–water partition coefficient (Wildman–Crippen LogP) is 3.23. The van der Waals surface area contributed by atoms with Gasteiger partial charge in [0.05, 0.1) is 5.92 Å². The molecule has 2 aliphatic rings. The largest absolute Gasteiger partial charge is 0.353 e. The molecule has 1 aromatic carbocycles. The molecule has 27 heavy (non-hydrogen) atoms. The fraction of sp³-hybridized carbons (Fsp3) is 0.571. The van der Waals surface area contributed by atoms with E-state index in [1.54, 1.807) is 23.1 Å². The van der Waals surface area contributed by atoms with Gasteiger partial charge in [0.25, 0.3) is 0 Å². The number of benzene rings is 1. The van der Waals surface area contributed by atoms with Gasteiger partial charge in [-0.1, -0.05) is 38.2 Å². The molecule has 1 aliphatic heterocycles. The van der Waals surface area contributed by atoms with Crippen LogP contribution in [0.2, 0.25) is 0 Å². The number of carbonyl (C=O) groups is 3. The quantitative estimate of drug-likeness (QED) is 0.853. The van der Waals surface area contributed by atoms with Crippen molar-refractivity contribution >= 4 is 29.1 Å². The number of carbonyl (C=O) groups excluding carboxylic acids is 3. The predicted molar refractivity (Wildman–Crippen MR) is 105 cm³/mol. The lowest BCUT2D eigenvalue weighted by atomic mass is 9.96. The molecule has 146 valence electrons. The molecular weight excluding hydrogens is 342 g/mol. The molecule has 1 atom stereocenters. The molecule has 0 radical (unpaired) electrons. The summed E-state index contributed by atoms with van der Waals surface area (Å²) in [4.78, 5) is 38.1. The van der Waals surface area contributed by atoms with Crippen molar-refractivity contribution in [1.29, 1.82) is 0 Å². The van der Waals surface area contributed by atoms with Gasteiger partial charge in [-0.05, 0) is 31.0 Å². The van der Waals surface area contributed by atoms with E-state index in [4.69, 9.17) is 0 Å². The van der Waals surface area contributed by atoms with E-state index in [-0.39, 0.29) is 36.1 Å². The Balaban J connectivity index is 1.61. The van der Waals surface area contributed by atoms with E-state index in [2.05, 4.69) is 10.6 Å². The van der Waals surface area contributed by atoms with Crippen LogP contribution in [-0.2, 0) is 14.4 Å². The van der Waals surface area contributed by atoms with E-state index in [1.165, 1.54) is 26.2 Å². The first-order chi connectivity index (χ1) is 13.0. The van der Waals surface area contributed by atoms with Crippen molar-refractivity contribution in [3.05, 3.63) is 24.3 Å². The van der Waals surface area contributed by atoms with Crippen molar-refractivity contribution < 1.29 is 14.4 Å². The average Bonchev–Trinajstić information content (AvgIpc) is 2.99. The normalized spacial score (nSPS) is 21.4. The summed E-state index contributed by atoms with van der Waals surface area (Å²) in [6, 6.07) is 7.43. The zero-order valence-electron chi connectivity index (χ0n) is 16.0. The van der Waals surface area contributed by atoms with Gasteiger partial charge in [0, 0.05) is 37.3 Å². The molecule has 1 saturated carbocycles. The Morgan fingerprint density at radius 1 is 1.07 bits per heavy atom. The summed E-state index contributed by atoms with van der Waals surface area (Å²) in [7, 11) is 0. The molecule has 0 bridgehead atoms. The van der Waals surface area contributed by atoms with E-state index in [0.717, 1.165) is 25.7 Å². The summed E-state index contributed by atoms with van der Waals surface area (Å²) in [5, 5.41) is 5.91. The molecule has 1 unspecified atom stereocenters. The monoisotopic (exact) mass is 371 g/mol. The maximum atomic E-state index is 12.7. The van der Waals surface area contributed by atoms with Crippen LogP contribution in [-0.4, -0.2) is 30.3 Å². The van der Waals surface area contributed by atoms with E-state index in [1.807, 2.05) is 6.07 Å². The second kappa shape index (κ2) is 9.02. The van der Waals surface area contributed by atoms with Crippen LogP contribution in [0, 0.1) is 5.92 Å². The van der Waals surface area contributed by atoms with Gasteiger partial charge >= 0.3 is 0 Å². The van der Waals surface area contributed by atoms with E-state index >= 15 is 0 Å². The number of hydrogen-bond donors (Lipinski definition) is 2. The summed E-state index contributed by atoms with van der Waals surface area (Å²) in [6.07, 6.45) is 8.42. The highest BCUT2D eigenvalue weighted by Gasteiger charge is 2.35. The molecule has 6 heteroatoms. The van der Waals surface area contributed by atoms with E-state index in [0.29, 0.717) is 17.9 Å². The van der Waals surface area contributed by atoms with Gasteiger partial charge < -0.3 is 15.5 Å². The van der Waals surface area contributed by atoms with Crippen molar-refractivity contribution in [3.8, 4) is 0 Å². The third-order valence-corrected chi connectivity index (χ3v) is 5.43. The van der Waals surface area contributed by atoms with Crippen LogP contribution >= 0.6 is 0 Å². The zero-order chi connectivity index (χ0) is 19.2. The summed E-state index contributed by atoms with van der Waals surface area (Å²) in [5.41, 5.74) is 1.36. The topological polar surface area (TPSA) is 78.5 Å². The molecule has 0 spiro atoms. The van der Waals surface area contributed by atoms with Gasteiger partial charge in [0.2, 0.25) is 17.7 Å². The summed E-state index contributed by atoms with van der Waals surface area (Å²) in [6.45, 7) is 1.84. The van der Waals surface area contributed by atoms with Crippen LogP contribution in [0.25, 0.3) is 0 Å². The molecule has 0 aromatic heterocycles. The molecule has 2 fully saturated rings. The van der Waals surface area contributed by atoms with Crippen LogP contribution in [0.4, 0.5) is 11.4 Å². The Kier molecular flexibility index (Phi) is 6.48.